The van der Waals surface area contributed by atoms with E-state index in [4.69, 9.17) is 14.2 Å². The first-order valence-electron chi connectivity index (χ1n) is 15.4. The summed E-state index contributed by atoms with van der Waals surface area (Å²) in [6.45, 7) is 7.84. The zero-order valence-corrected chi connectivity index (χ0v) is 26.0. The van der Waals surface area contributed by atoms with Crippen LogP contribution < -0.4 is 5.32 Å². The van der Waals surface area contributed by atoms with Crippen molar-refractivity contribution in [1.82, 2.24) is 10.2 Å². The molecule has 0 aromatic heterocycles. The molecule has 4 aromatic carbocycles. The minimum absolute atomic E-state index is 0.00342. The first-order chi connectivity index (χ1) is 21.9. The minimum Gasteiger partial charge on any atom is -0.445 e. The molecule has 7 nitrogen and oxygen atoms in total. The maximum absolute atomic E-state index is 11.9. The molecule has 7 heteroatoms. The second-order valence-electron chi connectivity index (χ2n) is 11.6. The molecule has 0 radical (unpaired) electrons. The summed E-state index contributed by atoms with van der Waals surface area (Å²) in [6.07, 6.45) is 0.216. The molecule has 0 spiro atoms. The number of carbonyl (C=O) groups excluding carboxylic acids is 1. The number of benzene rings is 4. The second kappa shape index (κ2) is 15.6. The molecule has 0 bridgehead atoms. The molecule has 1 aliphatic heterocycles. The molecule has 1 heterocycles. The summed E-state index contributed by atoms with van der Waals surface area (Å²) in [4.78, 5) is 14.2. The van der Waals surface area contributed by atoms with Gasteiger partial charge in [0.25, 0.3) is 0 Å². The number of hydrogen-bond acceptors (Lipinski definition) is 6. The van der Waals surface area contributed by atoms with Crippen molar-refractivity contribution in [2.45, 2.75) is 45.1 Å². The number of hydrogen-bond donors (Lipinski definition) is 2. The number of carbonyl (C=O) groups is 1. The van der Waals surface area contributed by atoms with Crippen LogP contribution in [-0.2, 0) is 33.9 Å². The predicted molar refractivity (Wildman–Crippen MR) is 176 cm³/mol. The van der Waals surface area contributed by atoms with E-state index in [-0.39, 0.29) is 31.3 Å². The number of likely N-dealkylation sites (N-methyl/N-ethyl adjacent to an activating group) is 1. The van der Waals surface area contributed by atoms with Crippen LogP contribution in [0.4, 0.5) is 4.79 Å². The zero-order chi connectivity index (χ0) is 31.6. The van der Waals surface area contributed by atoms with Crippen LogP contribution >= 0.6 is 0 Å². The predicted octanol–water partition coefficient (Wildman–Crippen LogP) is 7.18. The van der Waals surface area contributed by atoms with E-state index in [9.17, 15) is 9.90 Å². The standard InChI is InChI=1S/C38H42N2O5/c1-4-20-43-38(42)39-23-30-12-8-13-32(21-30)33-14-9-15-34(22-33)37-44-35(25-40(3)24-28-10-6-5-7-11-28)27(2)36(45-37)31-18-16-29(26-41)17-19-31/h4-19,21-22,27,35-37,41H,1,20,23-26H2,2-3H3,(H,39,42)/t27-,35+,36+,37+/m1/s1. The van der Waals surface area contributed by atoms with Gasteiger partial charge in [0, 0.05) is 31.1 Å². The smallest absolute Gasteiger partial charge is 0.407 e. The van der Waals surface area contributed by atoms with Crippen LogP contribution in [0, 0.1) is 5.92 Å². The molecular weight excluding hydrogens is 564 g/mol. The van der Waals surface area contributed by atoms with E-state index < -0.39 is 12.4 Å². The van der Waals surface area contributed by atoms with Gasteiger partial charge in [0.1, 0.15) is 6.61 Å². The molecule has 1 fully saturated rings. The fourth-order valence-corrected chi connectivity index (χ4v) is 5.68. The van der Waals surface area contributed by atoms with Crippen LogP contribution in [0.15, 0.2) is 116 Å². The lowest BCUT2D eigenvalue weighted by molar-refractivity contribution is -0.276. The van der Waals surface area contributed by atoms with Crippen LogP contribution in [0.3, 0.4) is 0 Å². The number of alkyl carbamates (subject to hydrolysis) is 1. The Morgan fingerprint density at radius 3 is 2.33 bits per heavy atom. The van der Waals surface area contributed by atoms with Gasteiger partial charge < -0.3 is 24.6 Å². The number of ether oxygens (including phenoxy) is 3. The van der Waals surface area contributed by atoms with Gasteiger partial charge in [-0.2, -0.15) is 0 Å². The Balaban J connectivity index is 1.37. The van der Waals surface area contributed by atoms with Gasteiger partial charge in [0.15, 0.2) is 6.29 Å². The highest BCUT2D eigenvalue weighted by Gasteiger charge is 2.38. The summed E-state index contributed by atoms with van der Waals surface area (Å²) in [5, 5.41) is 12.4. The van der Waals surface area contributed by atoms with Crippen molar-refractivity contribution < 1.29 is 24.1 Å². The van der Waals surface area contributed by atoms with Crippen LogP contribution in [-0.4, -0.2) is 42.4 Å². The number of rotatable bonds is 12. The summed E-state index contributed by atoms with van der Waals surface area (Å²) in [5.74, 6) is 0.0879. The first kappa shape index (κ1) is 32.1. The van der Waals surface area contributed by atoms with Gasteiger partial charge >= 0.3 is 6.09 Å². The van der Waals surface area contributed by atoms with Crippen molar-refractivity contribution in [3.05, 3.63) is 144 Å². The van der Waals surface area contributed by atoms with Gasteiger partial charge in [-0.05, 0) is 52.6 Å². The van der Waals surface area contributed by atoms with Gasteiger partial charge in [0.2, 0.25) is 0 Å². The second-order valence-corrected chi connectivity index (χ2v) is 11.6. The van der Waals surface area contributed by atoms with Crippen molar-refractivity contribution in [1.29, 1.82) is 0 Å². The van der Waals surface area contributed by atoms with E-state index in [0.29, 0.717) is 6.54 Å². The lowest BCUT2D eigenvalue weighted by Crippen LogP contribution is -2.43. The van der Waals surface area contributed by atoms with Crippen molar-refractivity contribution >= 4 is 6.09 Å². The molecule has 0 unspecified atom stereocenters. The number of nitrogens with zero attached hydrogens (tertiary/aromatic N) is 1. The van der Waals surface area contributed by atoms with Crippen molar-refractivity contribution in [2.24, 2.45) is 5.92 Å². The molecule has 0 aliphatic carbocycles. The van der Waals surface area contributed by atoms with E-state index in [2.05, 4.69) is 79.3 Å². The fraction of sp³-hybridized carbons (Fsp3) is 0.289. The molecule has 0 saturated carbocycles. The molecule has 234 valence electrons. The molecule has 1 aliphatic rings. The number of amides is 1. The highest BCUT2D eigenvalue weighted by atomic mass is 16.7. The molecule has 5 rings (SSSR count). The van der Waals surface area contributed by atoms with E-state index in [1.54, 1.807) is 0 Å². The normalized spacial score (nSPS) is 19.6. The van der Waals surface area contributed by atoms with Gasteiger partial charge in [-0.1, -0.05) is 111 Å². The van der Waals surface area contributed by atoms with E-state index in [1.165, 1.54) is 11.6 Å². The maximum atomic E-state index is 11.9. The Morgan fingerprint density at radius 2 is 1.60 bits per heavy atom. The quantitative estimate of drug-likeness (QED) is 0.166. The molecule has 1 saturated heterocycles. The third kappa shape index (κ3) is 8.68. The molecular formula is C38H42N2O5. The number of aliphatic hydroxyl groups is 1. The third-order valence-electron chi connectivity index (χ3n) is 8.10. The lowest BCUT2D eigenvalue weighted by atomic mass is 9.90. The topological polar surface area (TPSA) is 80.3 Å². The van der Waals surface area contributed by atoms with Gasteiger partial charge in [-0.15, -0.1) is 0 Å². The van der Waals surface area contributed by atoms with Gasteiger partial charge in [0.05, 0.1) is 18.8 Å². The number of aliphatic hydroxyl groups excluding tert-OH is 1. The largest absolute Gasteiger partial charge is 0.445 e. The molecule has 1 amide bonds. The Morgan fingerprint density at radius 1 is 0.889 bits per heavy atom. The van der Waals surface area contributed by atoms with Gasteiger partial charge in [-0.25, -0.2) is 4.79 Å². The van der Waals surface area contributed by atoms with E-state index >= 15 is 0 Å². The molecule has 2 N–H and O–H groups in total. The highest BCUT2D eigenvalue weighted by molar-refractivity contribution is 5.68. The summed E-state index contributed by atoms with van der Waals surface area (Å²) < 4.78 is 18.5. The van der Waals surface area contributed by atoms with Crippen LogP contribution in [0.1, 0.15) is 47.1 Å². The van der Waals surface area contributed by atoms with Crippen molar-refractivity contribution in [3.63, 3.8) is 0 Å². The van der Waals surface area contributed by atoms with Crippen LogP contribution in [0.2, 0.25) is 0 Å². The maximum Gasteiger partial charge on any atom is 0.407 e. The summed E-state index contributed by atoms with van der Waals surface area (Å²) >= 11 is 0. The highest BCUT2D eigenvalue weighted by Crippen LogP contribution is 2.42. The summed E-state index contributed by atoms with van der Waals surface area (Å²) in [7, 11) is 2.13. The fourth-order valence-electron chi connectivity index (χ4n) is 5.68. The van der Waals surface area contributed by atoms with Crippen molar-refractivity contribution in [3.8, 4) is 11.1 Å². The molecule has 4 atom stereocenters. The van der Waals surface area contributed by atoms with Crippen LogP contribution in [0.25, 0.3) is 11.1 Å². The SMILES string of the molecule is C=CCOC(=O)NCc1cccc(-c2cccc([C@H]3O[C@@H](CN(C)Cc4ccccc4)[C@@H](C)[C@@H](c4ccc(CO)cc4)O3)c2)c1. The van der Waals surface area contributed by atoms with Crippen LogP contribution in [0.5, 0.6) is 0 Å². The average molecular weight is 607 g/mol. The van der Waals surface area contributed by atoms with Crippen molar-refractivity contribution in [2.75, 3.05) is 20.2 Å². The Labute approximate surface area is 266 Å². The Kier molecular flexibility index (Phi) is 11.2. The van der Waals surface area contributed by atoms with Gasteiger partial charge in [-0.3, -0.25) is 4.90 Å². The minimum atomic E-state index is -0.566. The van der Waals surface area contributed by atoms with E-state index in [0.717, 1.165) is 46.5 Å². The summed E-state index contributed by atoms with van der Waals surface area (Å²) in [5.41, 5.74) is 7.13. The summed E-state index contributed by atoms with van der Waals surface area (Å²) in [6, 6.07) is 34.8. The third-order valence-corrected chi connectivity index (χ3v) is 8.10. The Bertz CT molecular complexity index is 1540. The van der Waals surface area contributed by atoms with E-state index in [1.807, 2.05) is 54.6 Å². The number of nitrogens with one attached hydrogen (secondary N) is 1. The average Bonchev–Trinajstić information content (AvgIpc) is 3.08. The first-order valence-corrected chi connectivity index (χ1v) is 15.4. The lowest BCUT2D eigenvalue weighted by Gasteiger charge is -2.42. The zero-order valence-electron chi connectivity index (χ0n) is 26.0. The molecule has 4 aromatic rings. The monoisotopic (exact) mass is 606 g/mol. The Hall–Kier alpha value is -4.27. The molecule has 45 heavy (non-hydrogen) atoms.